The average Bonchev–Trinajstić information content (AvgIpc) is 2.45. The summed E-state index contributed by atoms with van der Waals surface area (Å²) in [5.41, 5.74) is 2.77. The summed E-state index contributed by atoms with van der Waals surface area (Å²) in [5.74, 6) is 0.786. The molecule has 1 fully saturated rings. The summed E-state index contributed by atoms with van der Waals surface area (Å²) in [6, 6.07) is 7.86. The summed E-state index contributed by atoms with van der Waals surface area (Å²) >= 11 is 3.64. The quantitative estimate of drug-likeness (QED) is 0.805. The van der Waals surface area contributed by atoms with Crippen LogP contribution in [0.3, 0.4) is 0 Å². The third kappa shape index (κ3) is 4.46. The third-order valence-electron chi connectivity index (χ3n) is 4.69. The zero-order chi connectivity index (χ0) is 15.4. The maximum absolute atomic E-state index is 3.64. The Kier molecular flexibility index (Phi) is 6.12. The fourth-order valence-electron chi connectivity index (χ4n) is 3.38. The maximum Gasteiger partial charge on any atom is 0.0423 e. The van der Waals surface area contributed by atoms with Crippen LogP contribution in [0.25, 0.3) is 0 Å². The summed E-state index contributed by atoms with van der Waals surface area (Å²) in [6.45, 7) is 7.74. The molecule has 0 aromatic heterocycles. The van der Waals surface area contributed by atoms with E-state index in [4.69, 9.17) is 0 Å². The van der Waals surface area contributed by atoms with Crippen LogP contribution in [0.1, 0.15) is 52.0 Å². The summed E-state index contributed by atoms with van der Waals surface area (Å²) in [7, 11) is 2.27. The molecule has 1 aromatic carbocycles. The molecule has 0 radical (unpaired) electrons. The Morgan fingerprint density at radius 3 is 2.67 bits per heavy atom. The van der Waals surface area contributed by atoms with Crippen molar-refractivity contribution in [2.24, 2.45) is 5.92 Å². The highest BCUT2D eigenvalue weighted by molar-refractivity contribution is 9.10. The molecule has 1 aliphatic carbocycles. The van der Waals surface area contributed by atoms with E-state index in [1.165, 1.54) is 41.4 Å². The SMILES string of the molecule is CC(C)NCc1ccc(Br)cc1N(C)C1CCCCC1C. The van der Waals surface area contributed by atoms with Gasteiger partial charge in [0, 0.05) is 35.8 Å². The van der Waals surface area contributed by atoms with Gasteiger partial charge in [0.15, 0.2) is 0 Å². The molecular weight excluding hydrogens is 324 g/mol. The lowest BCUT2D eigenvalue weighted by Gasteiger charge is -2.38. The molecule has 0 saturated heterocycles. The highest BCUT2D eigenvalue weighted by Gasteiger charge is 2.26. The largest absolute Gasteiger partial charge is 0.371 e. The Hall–Kier alpha value is -0.540. The predicted molar refractivity (Wildman–Crippen MR) is 95.9 cm³/mol. The van der Waals surface area contributed by atoms with Gasteiger partial charge in [0.25, 0.3) is 0 Å². The molecule has 0 heterocycles. The lowest BCUT2D eigenvalue weighted by atomic mass is 9.84. The Labute approximate surface area is 138 Å². The Bertz CT molecular complexity index is 459. The highest BCUT2D eigenvalue weighted by atomic mass is 79.9. The van der Waals surface area contributed by atoms with E-state index < -0.39 is 0 Å². The molecule has 3 heteroatoms. The molecule has 1 aromatic rings. The van der Waals surface area contributed by atoms with E-state index in [9.17, 15) is 0 Å². The van der Waals surface area contributed by atoms with Crippen molar-refractivity contribution in [3.8, 4) is 0 Å². The predicted octanol–water partition coefficient (Wildman–Crippen LogP) is 4.96. The number of benzene rings is 1. The molecular formula is C18H29BrN2. The topological polar surface area (TPSA) is 15.3 Å². The molecule has 1 N–H and O–H groups in total. The van der Waals surface area contributed by atoms with E-state index in [0.717, 1.165) is 12.5 Å². The number of halogens is 1. The van der Waals surface area contributed by atoms with Crippen LogP contribution in [0.4, 0.5) is 5.69 Å². The molecule has 0 spiro atoms. The van der Waals surface area contributed by atoms with E-state index >= 15 is 0 Å². The summed E-state index contributed by atoms with van der Waals surface area (Å²) in [4.78, 5) is 2.52. The van der Waals surface area contributed by atoms with E-state index in [-0.39, 0.29) is 0 Å². The van der Waals surface area contributed by atoms with Crippen LogP contribution in [0.2, 0.25) is 0 Å². The zero-order valence-corrected chi connectivity index (χ0v) is 15.4. The summed E-state index contributed by atoms with van der Waals surface area (Å²) < 4.78 is 1.17. The van der Waals surface area contributed by atoms with E-state index in [1.54, 1.807) is 0 Å². The third-order valence-corrected chi connectivity index (χ3v) is 5.19. The number of rotatable bonds is 5. The van der Waals surface area contributed by atoms with Gasteiger partial charge in [-0.15, -0.1) is 0 Å². The Morgan fingerprint density at radius 2 is 2.00 bits per heavy atom. The fourth-order valence-corrected chi connectivity index (χ4v) is 3.73. The highest BCUT2D eigenvalue weighted by Crippen LogP contribution is 2.33. The standard InChI is InChI=1S/C18H29BrN2/c1-13(2)20-12-15-9-10-16(19)11-18(15)21(4)17-8-6-5-7-14(17)3/h9-11,13-14,17,20H,5-8,12H2,1-4H3. The van der Waals surface area contributed by atoms with Crippen molar-refractivity contribution in [3.63, 3.8) is 0 Å². The van der Waals surface area contributed by atoms with Gasteiger partial charge in [-0.1, -0.05) is 55.6 Å². The van der Waals surface area contributed by atoms with Crippen molar-refractivity contribution in [1.29, 1.82) is 0 Å². The van der Waals surface area contributed by atoms with Gasteiger partial charge in [-0.25, -0.2) is 0 Å². The average molecular weight is 353 g/mol. The van der Waals surface area contributed by atoms with Crippen molar-refractivity contribution >= 4 is 21.6 Å². The first-order chi connectivity index (χ1) is 9.99. The van der Waals surface area contributed by atoms with E-state index in [0.29, 0.717) is 12.1 Å². The van der Waals surface area contributed by atoms with Gasteiger partial charge in [0.1, 0.15) is 0 Å². The second-order valence-electron chi connectivity index (χ2n) is 6.75. The number of nitrogens with zero attached hydrogens (tertiary/aromatic N) is 1. The van der Waals surface area contributed by atoms with Gasteiger partial charge < -0.3 is 10.2 Å². The van der Waals surface area contributed by atoms with E-state index in [2.05, 4.69) is 72.2 Å². The van der Waals surface area contributed by atoms with Crippen molar-refractivity contribution in [3.05, 3.63) is 28.2 Å². The minimum Gasteiger partial charge on any atom is -0.371 e. The smallest absolute Gasteiger partial charge is 0.0423 e. The monoisotopic (exact) mass is 352 g/mol. The van der Waals surface area contributed by atoms with Gasteiger partial charge >= 0.3 is 0 Å². The maximum atomic E-state index is 3.64. The molecule has 0 bridgehead atoms. The van der Waals surface area contributed by atoms with Crippen LogP contribution >= 0.6 is 15.9 Å². The zero-order valence-electron chi connectivity index (χ0n) is 13.8. The normalized spacial score (nSPS) is 22.6. The molecule has 1 saturated carbocycles. The molecule has 2 rings (SSSR count). The molecule has 1 aliphatic rings. The second kappa shape index (κ2) is 7.64. The van der Waals surface area contributed by atoms with Crippen molar-refractivity contribution in [2.45, 2.75) is 65.1 Å². The van der Waals surface area contributed by atoms with Gasteiger partial charge in [-0.3, -0.25) is 0 Å². The summed E-state index contributed by atoms with van der Waals surface area (Å²) in [5, 5.41) is 3.55. The molecule has 2 unspecified atom stereocenters. The van der Waals surface area contributed by atoms with Crippen LogP contribution in [0, 0.1) is 5.92 Å². The van der Waals surface area contributed by atoms with Crippen LogP contribution in [0.15, 0.2) is 22.7 Å². The van der Waals surface area contributed by atoms with Crippen molar-refractivity contribution in [1.82, 2.24) is 5.32 Å². The molecule has 2 nitrogen and oxygen atoms in total. The first kappa shape index (κ1) is 16.8. The first-order valence-electron chi connectivity index (χ1n) is 8.23. The minimum absolute atomic E-state index is 0.514. The first-order valence-corrected chi connectivity index (χ1v) is 9.03. The fraction of sp³-hybridized carbons (Fsp3) is 0.667. The van der Waals surface area contributed by atoms with Gasteiger partial charge in [-0.2, -0.15) is 0 Å². The Morgan fingerprint density at radius 1 is 1.29 bits per heavy atom. The van der Waals surface area contributed by atoms with Crippen molar-refractivity contribution < 1.29 is 0 Å². The van der Waals surface area contributed by atoms with Gasteiger partial charge in [0.2, 0.25) is 0 Å². The summed E-state index contributed by atoms with van der Waals surface area (Å²) in [6.07, 6.45) is 5.45. The molecule has 0 aliphatic heterocycles. The number of hydrogen-bond donors (Lipinski definition) is 1. The molecule has 21 heavy (non-hydrogen) atoms. The lowest BCUT2D eigenvalue weighted by molar-refractivity contribution is 0.321. The lowest BCUT2D eigenvalue weighted by Crippen LogP contribution is -2.39. The van der Waals surface area contributed by atoms with Crippen LogP contribution in [-0.4, -0.2) is 19.1 Å². The second-order valence-corrected chi connectivity index (χ2v) is 7.66. The van der Waals surface area contributed by atoms with Crippen LogP contribution < -0.4 is 10.2 Å². The molecule has 2 atom stereocenters. The molecule has 0 amide bonds. The molecule has 118 valence electrons. The van der Waals surface area contributed by atoms with Gasteiger partial charge in [0.05, 0.1) is 0 Å². The van der Waals surface area contributed by atoms with Crippen LogP contribution in [-0.2, 0) is 6.54 Å². The Balaban J connectivity index is 2.21. The van der Waals surface area contributed by atoms with Crippen LogP contribution in [0.5, 0.6) is 0 Å². The van der Waals surface area contributed by atoms with Crippen molar-refractivity contribution in [2.75, 3.05) is 11.9 Å². The number of anilines is 1. The number of hydrogen-bond acceptors (Lipinski definition) is 2. The number of nitrogens with one attached hydrogen (secondary N) is 1. The van der Waals surface area contributed by atoms with Gasteiger partial charge in [-0.05, 0) is 36.5 Å². The minimum atomic E-state index is 0.514. The van der Waals surface area contributed by atoms with E-state index in [1.807, 2.05) is 0 Å².